The number of nitrogens with zero attached hydrogens (tertiary/aromatic N) is 3. The molecule has 1 fully saturated rings. The molecule has 0 radical (unpaired) electrons. The van der Waals surface area contributed by atoms with Gasteiger partial charge in [-0.05, 0) is 82.0 Å². The van der Waals surface area contributed by atoms with Gasteiger partial charge in [-0.1, -0.05) is 35.4 Å². The molecule has 204 valence electrons. The van der Waals surface area contributed by atoms with Gasteiger partial charge in [-0.15, -0.1) is 0 Å². The molecule has 0 spiro atoms. The highest BCUT2D eigenvalue weighted by Gasteiger charge is 2.39. The van der Waals surface area contributed by atoms with E-state index < -0.39 is 26.1 Å². The predicted octanol–water partition coefficient (Wildman–Crippen LogP) is 5.03. The topological polar surface area (TPSA) is 96.9 Å². The smallest absolute Gasteiger partial charge is 0.266 e. The fraction of sp³-hybridized carbons (Fsp3) is 0.370. The number of hydrogen-bond donors (Lipinski definition) is 0. The average Bonchev–Trinajstić information content (AvgIpc) is 2.83. The Balaban J connectivity index is 1.68. The van der Waals surface area contributed by atoms with Gasteiger partial charge in [0.25, 0.3) is 10.0 Å². The predicted molar refractivity (Wildman–Crippen MR) is 149 cm³/mol. The summed E-state index contributed by atoms with van der Waals surface area (Å²) in [7, 11) is -6.36. The summed E-state index contributed by atoms with van der Waals surface area (Å²) in [5.41, 5.74) is 3.00. The van der Waals surface area contributed by atoms with Crippen molar-refractivity contribution in [2.24, 2.45) is 0 Å². The molecule has 1 aromatic heterocycles. The lowest BCUT2D eigenvalue weighted by Gasteiger charge is -2.38. The number of sulfonamides is 2. The fourth-order valence-electron chi connectivity index (χ4n) is 5.10. The van der Waals surface area contributed by atoms with Crippen LogP contribution in [0, 0.1) is 27.7 Å². The summed E-state index contributed by atoms with van der Waals surface area (Å²) in [5, 5.41) is 0.204. The van der Waals surface area contributed by atoms with Gasteiger partial charge in [0.05, 0.1) is 21.9 Å². The van der Waals surface area contributed by atoms with Gasteiger partial charge in [-0.3, -0.25) is 0 Å². The van der Waals surface area contributed by atoms with Crippen molar-refractivity contribution in [2.45, 2.75) is 56.4 Å². The zero-order valence-electron chi connectivity index (χ0n) is 22.1. The Morgan fingerprint density at radius 3 is 2.13 bits per heavy atom. The molecule has 0 N–H and O–H groups in total. The first kappa shape index (κ1) is 28.4. The van der Waals surface area contributed by atoms with E-state index in [9.17, 15) is 16.8 Å². The van der Waals surface area contributed by atoms with E-state index >= 15 is 0 Å². The first-order chi connectivity index (χ1) is 17.9. The van der Waals surface area contributed by atoms with Gasteiger partial charge in [0, 0.05) is 24.8 Å². The Kier molecular flexibility index (Phi) is 8.09. The summed E-state index contributed by atoms with van der Waals surface area (Å²) in [6.07, 6.45) is 0.615. The number of anilines is 1. The van der Waals surface area contributed by atoms with Crippen molar-refractivity contribution in [1.29, 1.82) is 0 Å². The molecule has 38 heavy (non-hydrogen) atoms. The van der Waals surface area contributed by atoms with Crippen LogP contribution in [0.5, 0.6) is 5.75 Å². The van der Waals surface area contributed by atoms with E-state index in [-0.39, 0.29) is 27.9 Å². The lowest BCUT2D eigenvalue weighted by atomic mass is 10.1. The molecule has 0 aliphatic carbocycles. The van der Waals surface area contributed by atoms with Crippen LogP contribution in [0.2, 0.25) is 5.02 Å². The number of ether oxygens (including phenoxy) is 1. The Hall–Kier alpha value is -2.66. The summed E-state index contributed by atoms with van der Waals surface area (Å²) >= 11 is 6.18. The van der Waals surface area contributed by atoms with Crippen molar-refractivity contribution in [3.05, 3.63) is 75.9 Å². The maximum atomic E-state index is 14.2. The third-order valence-electron chi connectivity index (χ3n) is 6.74. The Bertz CT molecular complexity index is 1540. The molecule has 1 saturated heterocycles. The van der Waals surface area contributed by atoms with Crippen molar-refractivity contribution >= 4 is 37.5 Å². The molecule has 2 aromatic carbocycles. The summed E-state index contributed by atoms with van der Waals surface area (Å²) in [5.74, 6) is 0.713. The number of rotatable bonds is 7. The first-order valence-corrected chi connectivity index (χ1v) is 15.5. The standard InChI is InChI=1S/C27H32ClN3O5S2/c1-18-15-19(2)27(20(3)16-18)38(34,35)31(26-8-6-7-21(4)29-26)22-11-13-30(14-12-22)37(32,33)23-9-10-25(36-5)24(28)17-23/h6-10,15-17,22H,11-14H2,1-5H3. The van der Waals surface area contributed by atoms with Crippen LogP contribution in [-0.2, 0) is 20.0 Å². The van der Waals surface area contributed by atoms with Crippen molar-refractivity contribution in [3.8, 4) is 5.75 Å². The highest BCUT2D eigenvalue weighted by Crippen LogP contribution is 2.34. The number of methoxy groups -OCH3 is 1. The number of aryl methyl sites for hydroxylation is 4. The highest BCUT2D eigenvalue weighted by atomic mass is 35.5. The summed E-state index contributed by atoms with van der Waals surface area (Å²) < 4.78 is 63.0. The van der Waals surface area contributed by atoms with Crippen LogP contribution in [0.15, 0.2) is 58.3 Å². The molecule has 1 aliphatic heterocycles. The summed E-state index contributed by atoms with van der Waals surface area (Å²) in [6.45, 7) is 7.64. The lowest BCUT2D eigenvalue weighted by molar-refractivity contribution is 0.320. The SMILES string of the molecule is COc1ccc(S(=O)(=O)N2CCC(N(c3cccc(C)n3)S(=O)(=O)c3c(C)cc(C)cc3C)CC2)cc1Cl. The molecule has 2 heterocycles. The van der Waals surface area contributed by atoms with Crippen molar-refractivity contribution in [3.63, 3.8) is 0 Å². The molecule has 0 amide bonds. The van der Waals surface area contributed by atoms with Gasteiger partial charge in [0.1, 0.15) is 11.6 Å². The number of halogens is 1. The van der Waals surface area contributed by atoms with Gasteiger partial charge in [-0.25, -0.2) is 26.1 Å². The zero-order valence-corrected chi connectivity index (χ0v) is 24.5. The van der Waals surface area contributed by atoms with E-state index in [1.807, 2.05) is 32.0 Å². The number of piperidine rings is 1. The average molecular weight is 578 g/mol. The van der Waals surface area contributed by atoms with Crippen molar-refractivity contribution in [2.75, 3.05) is 24.5 Å². The third-order valence-corrected chi connectivity index (χ3v) is 11.1. The highest BCUT2D eigenvalue weighted by molar-refractivity contribution is 7.93. The molecule has 4 rings (SSSR count). The monoisotopic (exact) mass is 577 g/mol. The van der Waals surface area contributed by atoms with Crippen LogP contribution in [-0.4, -0.2) is 52.4 Å². The summed E-state index contributed by atoms with van der Waals surface area (Å²) in [4.78, 5) is 4.87. The Morgan fingerprint density at radius 2 is 1.58 bits per heavy atom. The molecular weight excluding hydrogens is 546 g/mol. The van der Waals surface area contributed by atoms with Crippen LogP contribution in [0.3, 0.4) is 0 Å². The lowest BCUT2D eigenvalue weighted by Crippen LogP contribution is -2.49. The van der Waals surface area contributed by atoms with Crippen molar-refractivity contribution < 1.29 is 21.6 Å². The maximum Gasteiger partial charge on any atom is 0.266 e. The van der Waals surface area contributed by atoms with Gasteiger partial charge >= 0.3 is 0 Å². The van der Waals surface area contributed by atoms with E-state index in [4.69, 9.17) is 16.3 Å². The van der Waals surface area contributed by atoms with Gasteiger partial charge in [-0.2, -0.15) is 4.31 Å². The summed E-state index contributed by atoms with van der Waals surface area (Å²) in [6, 6.07) is 12.9. The second-order valence-corrected chi connectivity index (χ2v) is 13.7. The largest absolute Gasteiger partial charge is 0.495 e. The molecule has 0 atom stereocenters. The molecular formula is C27H32ClN3O5S2. The molecule has 8 nitrogen and oxygen atoms in total. The molecule has 3 aromatic rings. The normalized spacial score (nSPS) is 15.4. The zero-order chi connectivity index (χ0) is 27.8. The number of pyridine rings is 1. The minimum atomic E-state index is -4.00. The molecule has 0 unspecified atom stereocenters. The van der Waals surface area contributed by atoms with Crippen LogP contribution in [0.1, 0.15) is 35.2 Å². The van der Waals surface area contributed by atoms with Gasteiger partial charge < -0.3 is 4.74 Å². The fourth-order valence-corrected chi connectivity index (χ4v) is 9.00. The minimum Gasteiger partial charge on any atom is -0.495 e. The molecule has 0 bridgehead atoms. The third kappa shape index (κ3) is 5.40. The van der Waals surface area contributed by atoms with E-state index in [1.54, 1.807) is 26.0 Å². The first-order valence-electron chi connectivity index (χ1n) is 12.3. The number of aromatic nitrogens is 1. The van der Waals surface area contributed by atoms with Gasteiger partial charge in [0.15, 0.2) is 0 Å². The van der Waals surface area contributed by atoms with Crippen LogP contribution < -0.4 is 9.04 Å². The second kappa shape index (κ2) is 10.8. The van der Waals surface area contributed by atoms with Gasteiger partial charge in [0.2, 0.25) is 10.0 Å². The van der Waals surface area contributed by atoms with E-state index in [2.05, 4.69) is 4.98 Å². The van der Waals surface area contributed by atoms with E-state index in [1.165, 1.54) is 33.9 Å². The molecule has 0 saturated carbocycles. The van der Waals surface area contributed by atoms with Crippen molar-refractivity contribution in [1.82, 2.24) is 9.29 Å². The minimum absolute atomic E-state index is 0.0671. The van der Waals surface area contributed by atoms with E-state index in [0.29, 0.717) is 41.2 Å². The Morgan fingerprint density at radius 1 is 0.947 bits per heavy atom. The Labute approximate surface area is 230 Å². The quantitative estimate of drug-likeness (QED) is 0.391. The van der Waals surface area contributed by atoms with E-state index in [0.717, 1.165) is 5.56 Å². The number of hydrogen-bond acceptors (Lipinski definition) is 6. The van der Waals surface area contributed by atoms with Crippen LogP contribution in [0.4, 0.5) is 5.82 Å². The maximum absolute atomic E-state index is 14.2. The van der Waals surface area contributed by atoms with Crippen LogP contribution in [0.25, 0.3) is 0 Å². The van der Waals surface area contributed by atoms with Crippen LogP contribution >= 0.6 is 11.6 Å². The molecule has 1 aliphatic rings. The molecule has 11 heteroatoms. The second-order valence-electron chi connectivity index (χ2n) is 9.60. The number of benzene rings is 2.